The molecule has 1 fully saturated rings. The highest BCUT2D eigenvalue weighted by molar-refractivity contribution is 5.35. The van der Waals surface area contributed by atoms with Crippen molar-refractivity contribution in [3.63, 3.8) is 0 Å². The van der Waals surface area contributed by atoms with Crippen LogP contribution in [0.4, 0.5) is 5.69 Å². The van der Waals surface area contributed by atoms with E-state index in [1.807, 2.05) is 19.9 Å². The molecule has 0 aliphatic heterocycles. The molecule has 1 aromatic rings. The Hall–Kier alpha value is -1.46. The molecule has 1 aromatic carbocycles. The topological polar surface area (TPSA) is 89.4 Å². The fourth-order valence-electron chi connectivity index (χ4n) is 3.33. The zero-order valence-corrected chi connectivity index (χ0v) is 12.0. The molecule has 2 unspecified atom stereocenters. The van der Waals surface area contributed by atoms with Gasteiger partial charge in [0.05, 0.1) is 11.0 Å². The van der Waals surface area contributed by atoms with Crippen LogP contribution in [0, 0.1) is 20.9 Å². The Morgan fingerprint density at radius 1 is 1.45 bits per heavy atom. The molecule has 0 saturated heterocycles. The first-order valence-corrected chi connectivity index (χ1v) is 6.92. The molecule has 0 amide bonds. The zero-order chi connectivity index (χ0) is 15.0. The molecule has 20 heavy (non-hydrogen) atoms. The standard InChI is InChI=1S/C15H22N2O3/c1-14(2)6-7-15(10-16,13(14)18)9-11-4-3-5-12(8-11)17(19)20/h3-5,8,13,18H,6-7,9-10,16H2,1-2H3. The van der Waals surface area contributed by atoms with E-state index in [0.29, 0.717) is 13.0 Å². The van der Waals surface area contributed by atoms with Crippen molar-refractivity contribution in [3.05, 3.63) is 39.9 Å². The number of non-ortho nitro benzene ring substituents is 1. The number of nitro benzene ring substituents is 1. The van der Waals surface area contributed by atoms with Crippen molar-refractivity contribution in [2.45, 2.75) is 39.2 Å². The normalized spacial score (nSPS) is 28.5. The molecule has 110 valence electrons. The molecule has 0 aromatic heterocycles. The lowest BCUT2D eigenvalue weighted by Crippen LogP contribution is -2.44. The van der Waals surface area contributed by atoms with Crippen molar-refractivity contribution in [1.82, 2.24) is 0 Å². The van der Waals surface area contributed by atoms with Gasteiger partial charge >= 0.3 is 0 Å². The van der Waals surface area contributed by atoms with Crippen molar-refractivity contribution in [2.75, 3.05) is 6.54 Å². The predicted molar refractivity (Wildman–Crippen MR) is 77.3 cm³/mol. The molecular weight excluding hydrogens is 256 g/mol. The molecule has 5 nitrogen and oxygen atoms in total. The van der Waals surface area contributed by atoms with Crippen LogP contribution in [-0.2, 0) is 6.42 Å². The number of nitro groups is 1. The highest BCUT2D eigenvalue weighted by atomic mass is 16.6. The molecule has 2 rings (SSSR count). The third-order valence-electron chi connectivity index (χ3n) is 4.67. The molecule has 0 spiro atoms. The van der Waals surface area contributed by atoms with Gasteiger partial charge in [-0.1, -0.05) is 26.0 Å². The highest BCUT2D eigenvalue weighted by Crippen LogP contribution is 2.50. The fourth-order valence-corrected chi connectivity index (χ4v) is 3.33. The van der Waals surface area contributed by atoms with Gasteiger partial charge < -0.3 is 10.8 Å². The first-order chi connectivity index (χ1) is 9.31. The number of rotatable bonds is 4. The fraction of sp³-hybridized carbons (Fsp3) is 0.600. The van der Waals surface area contributed by atoms with Crippen molar-refractivity contribution < 1.29 is 10.0 Å². The van der Waals surface area contributed by atoms with E-state index < -0.39 is 11.0 Å². The minimum Gasteiger partial charge on any atom is -0.392 e. The number of hydrogen-bond acceptors (Lipinski definition) is 4. The summed E-state index contributed by atoms with van der Waals surface area (Å²) in [5, 5.41) is 21.4. The Bertz CT molecular complexity index is 516. The second kappa shape index (κ2) is 5.14. The van der Waals surface area contributed by atoms with Gasteiger partial charge in [0.2, 0.25) is 0 Å². The molecule has 0 bridgehead atoms. The van der Waals surface area contributed by atoms with Crippen LogP contribution in [0.3, 0.4) is 0 Å². The van der Waals surface area contributed by atoms with E-state index >= 15 is 0 Å². The number of aliphatic hydroxyl groups is 1. The van der Waals surface area contributed by atoms with Gasteiger partial charge in [0, 0.05) is 24.1 Å². The van der Waals surface area contributed by atoms with Crippen LogP contribution in [0.2, 0.25) is 0 Å². The van der Waals surface area contributed by atoms with E-state index in [2.05, 4.69) is 0 Å². The van der Waals surface area contributed by atoms with Crippen molar-refractivity contribution in [2.24, 2.45) is 16.6 Å². The minimum atomic E-state index is -0.487. The average Bonchev–Trinajstić information content (AvgIpc) is 2.64. The Morgan fingerprint density at radius 2 is 2.15 bits per heavy atom. The monoisotopic (exact) mass is 278 g/mol. The quantitative estimate of drug-likeness (QED) is 0.653. The lowest BCUT2D eigenvalue weighted by atomic mass is 9.74. The summed E-state index contributed by atoms with van der Waals surface area (Å²) in [5.41, 5.74) is 6.35. The third kappa shape index (κ3) is 2.55. The van der Waals surface area contributed by atoms with E-state index in [1.165, 1.54) is 6.07 Å². The number of nitrogens with two attached hydrogens (primary N) is 1. The summed E-state index contributed by atoms with van der Waals surface area (Å²) in [7, 11) is 0. The molecule has 1 saturated carbocycles. The number of benzene rings is 1. The smallest absolute Gasteiger partial charge is 0.269 e. The summed E-state index contributed by atoms with van der Waals surface area (Å²) in [6.07, 6.45) is 1.86. The summed E-state index contributed by atoms with van der Waals surface area (Å²) in [4.78, 5) is 10.4. The minimum absolute atomic E-state index is 0.0846. The summed E-state index contributed by atoms with van der Waals surface area (Å²) in [5.74, 6) is 0. The van der Waals surface area contributed by atoms with Crippen molar-refractivity contribution in [1.29, 1.82) is 0 Å². The maximum absolute atomic E-state index is 10.8. The van der Waals surface area contributed by atoms with Crippen LogP contribution in [0.15, 0.2) is 24.3 Å². The zero-order valence-electron chi connectivity index (χ0n) is 12.0. The van der Waals surface area contributed by atoms with Crippen LogP contribution in [0.5, 0.6) is 0 Å². The molecular formula is C15H22N2O3. The van der Waals surface area contributed by atoms with Crippen molar-refractivity contribution >= 4 is 5.69 Å². The predicted octanol–water partition coefficient (Wildman–Crippen LogP) is 2.26. The summed E-state index contributed by atoms with van der Waals surface area (Å²) in [6.45, 7) is 4.48. The molecule has 5 heteroatoms. The maximum atomic E-state index is 10.8. The molecule has 1 aliphatic carbocycles. The van der Waals surface area contributed by atoms with Gasteiger partial charge in [-0.15, -0.1) is 0 Å². The van der Waals surface area contributed by atoms with E-state index in [1.54, 1.807) is 12.1 Å². The number of aliphatic hydroxyl groups excluding tert-OH is 1. The second-order valence-corrected chi connectivity index (χ2v) is 6.56. The molecule has 0 radical (unpaired) electrons. The lowest BCUT2D eigenvalue weighted by molar-refractivity contribution is -0.384. The van der Waals surface area contributed by atoms with Gasteiger partial charge in [-0.2, -0.15) is 0 Å². The van der Waals surface area contributed by atoms with Gasteiger partial charge in [-0.3, -0.25) is 10.1 Å². The highest BCUT2D eigenvalue weighted by Gasteiger charge is 2.50. The van der Waals surface area contributed by atoms with E-state index in [4.69, 9.17) is 5.73 Å². The largest absolute Gasteiger partial charge is 0.392 e. The molecule has 2 atom stereocenters. The SMILES string of the molecule is CC1(C)CCC(CN)(Cc2cccc([N+](=O)[O-])c2)C1O. The molecule has 3 N–H and O–H groups in total. The van der Waals surface area contributed by atoms with Gasteiger partial charge in [-0.25, -0.2) is 0 Å². The Labute approximate surface area is 118 Å². The lowest BCUT2D eigenvalue weighted by Gasteiger charge is -2.36. The van der Waals surface area contributed by atoms with Crippen LogP contribution < -0.4 is 5.73 Å². The van der Waals surface area contributed by atoms with E-state index in [9.17, 15) is 15.2 Å². The first-order valence-electron chi connectivity index (χ1n) is 6.92. The van der Waals surface area contributed by atoms with Gasteiger partial charge in [-0.05, 0) is 30.2 Å². The van der Waals surface area contributed by atoms with Gasteiger partial charge in [0.1, 0.15) is 0 Å². The van der Waals surface area contributed by atoms with Crippen molar-refractivity contribution in [3.8, 4) is 0 Å². The van der Waals surface area contributed by atoms with Crippen LogP contribution in [0.1, 0.15) is 32.3 Å². The third-order valence-corrected chi connectivity index (χ3v) is 4.67. The van der Waals surface area contributed by atoms with Crippen LogP contribution >= 0.6 is 0 Å². The Morgan fingerprint density at radius 3 is 2.65 bits per heavy atom. The number of nitrogens with zero attached hydrogens (tertiary/aromatic N) is 1. The van der Waals surface area contributed by atoms with Gasteiger partial charge in [0.15, 0.2) is 0 Å². The second-order valence-electron chi connectivity index (χ2n) is 6.56. The van der Waals surface area contributed by atoms with Crippen LogP contribution in [0.25, 0.3) is 0 Å². The van der Waals surface area contributed by atoms with E-state index in [-0.39, 0.29) is 16.5 Å². The Kier molecular flexibility index (Phi) is 3.84. The first kappa shape index (κ1) is 14.9. The van der Waals surface area contributed by atoms with Gasteiger partial charge in [0.25, 0.3) is 5.69 Å². The van der Waals surface area contributed by atoms with Crippen LogP contribution in [-0.4, -0.2) is 22.7 Å². The van der Waals surface area contributed by atoms with E-state index in [0.717, 1.165) is 18.4 Å². The summed E-state index contributed by atoms with van der Waals surface area (Å²) in [6, 6.07) is 6.61. The Balaban J connectivity index is 2.27. The summed E-state index contributed by atoms with van der Waals surface area (Å²) < 4.78 is 0. The molecule has 0 heterocycles. The number of hydrogen-bond donors (Lipinski definition) is 2. The molecule has 1 aliphatic rings. The average molecular weight is 278 g/mol. The maximum Gasteiger partial charge on any atom is 0.269 e. The summed E-state index contributed by atoms with van der Waals surface area (Å²) >= 11 is 0.